The quantitative estimate of drug-likeness (QED) is 0.859. The molecule has 5 heteroatoms. The van der Waals surface area contributed by atoms with Crippen LogP contribution in [-0.2, 0) is 0 Å². The SMILES string of the molecule is CC1CN(C(=O)Nc2cccc(Cl)c2)c2ccccc2O1. The van der Waals surface area contributed by atoms with Gasteiger partial charge in [-0.25, -0.2) is 4.79 Å². The molecular formula is C16H15ClN2O2. The van der Waals surface area contributed by atoms with Crippen molar-refractivity contribution < 1.29 is 9.53 Å². The van der Waals surface area contributed by atoms with Crippen molar-refractivity contribution in [3.05, 3.63) is 53.6 Å². The first-order chi connectivity index (χ1) is 10.1. The number of hydrogen-bond donors (Lipinski definition) is 1. The Balaban J connectivity index is 1.85. The molecule has 0 saturated heterocycles. The van der Waals surface area contributed by atoms with Gasteiger partial charge < -0.3 is 10.1 Å². The highest BCUT2D eigenvalue weighted by molar-refractivity contribution is 6.30. The van der Waals surface area contributed by atoms with Crippen LogP contribution in [0.4, 0.5) is 16.2 Å². The molecule has 1 heterocycles. The van der Waals surface area contributed by atoms with Gasteiger partial charge in [-0.2, -0.15) is 0 Å². The summed E-state index contributed by atoms with van der Waals surface area (Å²) in [5, 5.41) is 3.45. The van der Waals surface area contributed by atoms with Gasteiger partial charge in [0, 0.05) is 10.7 Å². The smallest absolute Gasteiger partial charge is 0.326 e. The van der Waals surface area contributed by atoms with Crippen molar-refractivity contribution in [2.45, 2.75) is 13.0 Å². The molecule has 0 saturated carbocycles. The van der Waals surface area contributed by atoms with E-state index in [9.17, 15) is 4.79 Å². The van der Waals surface area contributed by atoms with Crippen molar-refractivity contribution in [3.63, 3.8) is 0 Å². The molecule has 4 nitrogen and oxygen atoms in total. The molecule has 0 aromatic heterocycles. The fraction of sp³-hybridized carbons (Fsp3) is 0.188. The largest absolute Gasteiger partial charge is 0.487 e. The molecule has 0 spiro atoms. The number of benzene rings is 2. The first-order valence-electron chi connectivity index (χ1n) is 6.73. The maximum atomic E-state index is 12.5. The van der Waals surface area contributed by atoms with Gasteiger partial charge in [0.15, 0.2) is 0 Å². The zero-order chi connectivity index (χ0) is 14.8. The lowest BCUT2D eigenvalue weighted by molar-refractivity contribution is 0.208. The van der Waals surface area contributed by atoms with Crippen molar-refractivity contribution in [2.24, 2.45) is 0 Å². The summed E-state index contributed by atoms with van der Waals surface area (Å²) < 4.78 is 5.74. The lowest BCUT2D eigenvalue weighted by Gasteiger charge is -2.33. The van der Waals surface area contributed by atoms with Gasteiger partial charge in [0.2, 0.25) is 0 Å². The second-order valence-electron chi connectivity index (χ2n) is 4.95. The molecule has 1 unspecified atom stereocenters. The molecular weight excluding hydrogens is 288 g/mol. The number of hydrogen-bond acceptors (Lipinski definition) is 2. The van der Waals surface area contributed by atoms with E-state index in [2.05, 4.69) is 5.32 Å². The van der Waals surface area contributed by atoms with Gasteiger partial charge >= 0.3 is 6.03 Å². The topological polar surface area (TPSA) is 41.6 Å². The monoisotopic (exact) mass is 302 g/mol. The summed E-state index contributed by atoms with van der Waals surface area (Å²) in [6.45, 7) is 2.44. The highest BCUT2D eigenvalue weighted by Crippen LogP contribution is 2.33. The molecule has 1 N–H and O–H groups in total. The first kappa shape index (κ1) is 13.8. The summed E-state index contributed by atoms with van der Waals surface area (Å²) in [4.78, 5) is 14.2. The predicted molar refractivity (Wildman–Crippen MR) is 84.3 cm³/mol. The minimum absolute atomic E-state index is 0.0509. The van der Waals surface area contributed by atoms with Crippen molar-refractivity contribution >= 4 is 29.0 Å². The average Bonchev–Trinajstić information content (AvgIpc) is 2.46. The number of rotatable bonds is 1. The van der Waals surface area contributed by atoms with E-state index >= 15 is 0 Å². The lowest BCUT2D eigenvalue weighted by Crippen LogP contribution is -2.44. The molecule has 2 amide bonds. The Hall–Kier alpha value is -2.20. The van der Waals surface area contributed by atoms with Crippen LogP contribution < -0.4 is 15.0 Å². The first-order valence-corrected chi connectivity index (χ1v) is 7.11. The summed E-state index contributed by atoms with van der Waals surface area (Å²) in [5.74, 6) is 0.720. The molecule has 1 aliphatic heterocycles. The number of carbonyl (C=O) groups is 1. The van der Waals surface area contributed by atoms with E-state index in [1.54, 1.807) is 29.2 Å². The summed E-state index contributed by atoms with van der Waals surface area (Å²) in [7, 11) is 0. The van der Waals surface area contributed by atoms with Crippen LogP contribution in [0.25, 0.3) is 0 Å². The molecule has 0 fully saturated rings. The van der Waals surface area contributed by atoms with Crippen LogP contribution in [0.1, 0.15) is 6.92 Å². The van der Waals surface area contributed by atoms with Crippen molar-refractivity contribution in [3.8, 4) is 5.75 Å². The van der Waals surface area contributed by atoms with Crippen LogP contribution in [0.15, 0.2) is 48.5 Å². The number of halogens is 1. The maximum absolute atomic E-state index is 12.5. The standard InChI is InChI=1S/C16H15ClN2O2/c1-11-10-19(14-7-2-3-8-15(14)21-11)16(20)18-13-6-4-5-12(17)9-13/h2-9,11H,10H2,1H3,(H,18,20). The van der Waals surface area contributed by atoms with E-state index in [0.717, 1.165) is 11.4 Å². The molecule has 2 aromatic rings. The molecule has 1 atom stereocenters. The Kier molecular flexibility index (Phi) is 3.71. The third-order valence-electron chi connectivity index (χ3n) is 3.24. The van der Waals surface area contributed by atoms with Gasteiger partial charge in [-0.15, -0.1) is 0 Å². The number of ether oxygens (including phenoxy) is 1. The minimum Gasteiger partial charge on any atom is -0.487 e. The number of para-hydroxylation sites is 2. The lowest BCUT2D eigenvalue weighted by atomic mass is 10.2. The Morgan fingerprint density at radius 3 is 2.90 bits per heavy atom. The van der Waals surface area contributed by atoms with Crippen LogP contribution in [-0.4, -0.2) is 18.7 Å². The van der Waals surface area contributed by atoms with Gasteiger partial charge in [0.25, 0.3) is 0 Å². The van der Waals surface area contributed by atoms with Crippen molar-refractivity contribution in [1.82, 2.24) is 0 Å². The average molecular weight is 303 g/mol. The number of nitrogens with zero attached hydrogens (tertiary/aromatic N) is 1. The Morgan fingerprint density at radius 2 is 2.10 bits per heavy atom. The van der Waals surface area contributed by atoms with Crippen LogP contribution in [0, 0.1) is 0 Å². The van der Waals surface area contributed by atoms with Gasteiger partial charge in [0.05, 0.1) is 12.2 Å². The van der Waals surface area contributed by atoms with Gasteiger partial charge in [-0.1, -0.05) is 29.8 Å². The molecule has 3 rings (SSSR count). The molecule has 1 aliphatic rings. The number of nitrogens with one attached hydrogen (secondary N) is 1. The number of urea groups is 1. The summed E-state index contributed by atoms with van der Waals surface area (Å²) in [5.41, 5.74) is 1.44. The van der Waals surface area contributed by atoms with E-state index in [-0.39, 0.29) is 12.1 Å². The van der Waals surface area contributed by atoms with E-state index in [1.807, 2.05) is 31.2 Å². The number of fused-ring (bicyclic) bond motifs is 1. The predicted octanol–water partition coefficient (Wildman–Crippen LogP) is 4.16. The van der Waals surface area contributed by atoms with Crippen molar-refractivity contribution in [1.29, 1.82) is 0 Å². The van der Waals surface area contributed by atoms with Crippen LogP contribution >= 0.6 is 11.6 Å². The number of carbonyl (C=O) groups excluding carboxylic acids is 1. The molecule has 21 heavy (non-hydrogen) atoms. The Labute approximate surface area is 128 Å². The van der Waals surface area contributed by atoms with Gasteiger partial charge in [-0.05, 0) is 37.3 Å². The van der Waals surface area contributed by atoms with Crippen LogP contribution in [0.5, 0.6) is 5.75 Å². The van der Waals surface area contributed by atoms with Crippen LogP contribution in [0.3, 0.4) is 0 Å². The van der Waals surface area contributed by atoms with E-state index in [1.165, 1.54) is 0 Å². The van der Waals surface area contributed by atoms with Gasteiger partial charge in [0.1, 0.15) is 11.9 Å². The molecule has 0 aliphatic carbocycles. The minimum atomic E-state index is -0.195. The summed E-state index contributed by atoms with van der Waals surface area (Å²) >= 11 is 5.93. The third kappa shape index (κ3) is 2.95. The maximum Gasteiger partial charge on any atom is 0.326 e. The number of anilines is 2. The fourth-order valence-electron chi connectivity index (χ4n) is 2.34. The van der Waals surface area contributed by atoms with Crippen LogP contribution in [0.2, 0.25) is 5.02 Å². The normalized spacial score (nSPS) is 16.9. The zero-order valence-electron chi connectivity index (χ0n) is 11.5. The van der Waals surface area contributed by atoms with E-state index in [0.29, 0.717) is 17.3 Å². The summed E-state index contributed by atoms with van der Waals surface area (Å²) in [6, 6.07) is 14.4. The molecule has 0 radical (unpaired) electrons. The second-order valence-corrected chi connectivity index (χ2v) is 5.38. The van der Waals surface area contributed by atoms with Gasteiger partial charge in [-0.3, -0.25) is 4.90 Å². The fourth-order valence-corrected chi connectivity index (χ4v) is 2.53. The highest BCUT2D eigenvalue weighted by Gasteiger charge is 2.27. The van der Waals surface area contributed by atoms with Crippen molar-refractivity contribution in [2.75, 3.05) is 16.8 Å². The molecule has 0 bridgehead atoms. The Morgan fingerprint density at radius 1 is 1.29 bits per heavy atom. The number of amides is 2. The molecule has 108 valence electrons. The highest BCUT2D eigenvalue weighted by atomic mass is 35.5. The van der Waals surface area contributed by atoms with E-state index < -0.39 is 0 Å². The zero-order valence-corrected chi connectivity index (χ0v) is 12.3. The molecule has 2 aromatic carbocycles. The summed E-state index contributed by atoms with van der Waals surface area (Å²) in [6.07, 6.45) is -0.0509. The van der Waals surface area contributed by atoms with E-state index in [4.69, 9.17) is 16.3 Å². The Bertz CT molecular complexity index is 675. The second kappa shape index (κ2) is 5.66. The third-order valence-corrected chi connectivity index (χ3v) is 3.48.